The zero-order valence-corrected chi connectivity index (χ0v) is 21.0. The third-order valence-electron chi connectivity index (χ3n) is 8.33. The molecule has 1 N–H and O–H groups in total. The number of carbonyl (C=O) groups is 2. The lowest BCUT2D eigenvalue weighted by Gasteiger charge is -2.41. The van der Waals surface area contributed by atoms with Crippen LogP contribution in [0.25, 0.3) is 11.3 Å². The first kappa shape index (κ1) is 24.9. The van der Waals surface area contributed by atoms with Gasteiger partial charge in [-0.15, -0.1) is 0 Å². The molecule has 1 amide bonds. The molecule has 5 rings (SSSR count). The Balaban J connectivity index is 1.53. The Morgan fingerprint density at radius 3 is 2.51 bits per heavy atom. The Hall–Kier alpha value is -3.82. The molecule has 2 atom stereocenters. The van der Waals surface area contributed by atoms with Crippen molar-refractivity contribution in [3.05, 3.63) is 70.4 Å². The molecule has 3 aromatic rings. The SMILES string of the molecule is CCN(C[C@@]12CC[C@@H](c3cc(-c4c(F)cccc4F)nnc31)C2(C)C)C(=O)c1cnc(C(=O)O)c(C)n1. The number of carboxylic acids is 1. The predicted octanol–water partition coefficient (Wildman–Crippen LogP) is 4.54. The molecule has 2 aromatic heterocycles. The molecule has 2 aliphatic rings. The summed E-state index contributed by atoms with van der Waals surface area (Å²) < 4.78 is 28.9. The van der Waals surface area contributed by atoms with Gasteiger partial charge in [0.2, 0.25) is 0 Å². The second-order valence-corrected chi connectivity index (χ2v) is 10.3. The smallest absolute Gasteiger partial charge is 0.356 e. The van der Waals surface area contributed by atoms with Crippen LogP contribution in [0.1, 0.15) is 77.5 Å². The molecule has 2 aliphatic carbocycles. The third-order valence-corrected chi connectivity index (χ3v) is 8.33. The molecule has 0 radical (unpaired) electrons. The zero-order valence-electron chi connectivity index (χ0n) is 21.0. The lowest BCUT2D eigenvalue weighted by atomic mass is 9.68. The summed E-state index contributed by atoms with van der Waals surface area (Å²) in [5, 5.41) is 18.0. The van der Waals surface area contributed by atoms with Crippen molar-refractivity contribution in [2.45, 2.75) is 51.9 Å². The summed E-state index contributed by atoms with van der Waals surface area (Å²) in [7, 11) is 0. The molecule has 0 spiro atoms. The fraction of sp³-hybridized carbons (Fsp3) is 0.407. The van der Waals surface area contributed by atoms with Crippen molar-refractivity contribution >= 4 is 11.9 Å². The maximum absolute atomic E-state index is 14.5. The van der Waals surface area contributed by atoms with E-state index >= 15 is 0 Å². The van der Waals surface area contributed by atoms with E-state index in [-0.39, 0.29) is 45.6 Å². The molecule has 1 fully saturated rings. The van der Waals surface area contributed by atoms with Crippen LogP contribution < -0.4 is 0 Å². The first-order valence-corrected chi connectivity index (χ1v) is 12.2. The minimum Gasteiger partial charge on any atom is -0.476 e. The van der Waals surface area contributed by atoms with E-state index in [2.05, 4.69) is 34.0 Å². The summed E-state index contributed by atoms with van der Waals surface area (Å²) in [6, 6.07) is 5.45. The van der Waals surface area contributed by atoms with Gasteiger partial charge in [0.15, 0.2) is 5.69 Å². The molecular formula is C27H27F2N5O3. The van der Waals surface area contributed by atoms with Gasteiger partial charge in [0.05, 0.1) is 28.8 Å². The number of amides is 1. The number of likely N-dealkylation sites (N-methyl/N-ethyl adjacent to an activating group) is 1. The molecule has 8 nitrogen and oxygen atoms in total. The quantitative estimate of drug-likeness (QED) is 0.522. The van der Waals surface area contributed by atoms with E-state index in [1.165, 1.54) is 31.3 Å². The van der Waals surface area contributed by atoms with Crippen LogP contribution in [0.15, 0.2) is 30.5 Å². The third kappa shape index (κ3) is 3.60. The van der Waals surface area contributed by atoms with Crippen molar-refractivity contribution in [3.8, 4) is 11.3 Å². The second kappa shape index (κ2) is 8.64. The van der Waals surface area contributed by atoms with Gasteiger partial charge in [-0.25, -0.2) is 23.5 Å². The summed E-state index contributed by atoms with van der Waals surface area (Å²) in [4.78, 5) is 34.6. The van der Waals surface area contributed by atoms with Crippen molar-refractivity contribution in [2.24, 2.45) is 5.41 Å². The second-order valence-electron chi connectivity index (χ2n) is 10.3. The summed E-state index contributed by atoms with van der Waals surface area (Å²) in [5.41, 5.74) is 0.858. The van der Waals surface area contributed by atoms with Crippen molar-refractivity contribution in [1.82, 2.24) is 25.1 Å². The molecule has 192 valence electrons. The largest absolute Gasteiger partial charge is 0.476 e. The molecule has 1 aromatic carbocycles. The zero-order chi connectivity index (χ0) is 26.7. The fourth-order valence-electron chi connectivity index (χ4n) is 6.25. The number of halogens is 2. The number of rotatable bonds is 6. The van der Waals surface area contributed by atoms with Gasteiger partial charge in [-0.05, 0) is 61.8 Å². The predicted molar refractivity (Wildman–Crippen MR) is 130 cm³/mol. The van der Waals surface area contributed by atoms with E-state index in [1.807, 2.05) is 6.92 Å². The Labute approximate surface area is 212 Å². The monoisotopic (exact) mass is 507 g/mol. The topological polar surface area (TPSA) is 109 Å². The molecule has 0 aliphatic heterocycles. The highest BCUT2D eigenvalue weighted by Gasteiger charge is 2.64. The van der Waals surface area contributed by atoms with Crippen molar-refractivity contribution in [1.29, 1.82) is 0 Å². The van der Waals surface area contributed by atoms with Crippen LogP contribution in [0.4, 0.5) is 8.78 Å². The van der Waals surface area contributed by atoms with E-state index in [0.29, 0.717) is 13.1 Å². The highest BCUT2D eigenvalue weighted by Crippen LogP contribution is 2.67. The highest BCUT2D eigenvalue weighted by molar-refractivity contribution is 5.93. The van der Waals surface area contributed by atoms with Crippen molar-refractivity contribution in [3.63, 3.8) is 0 Å². The van der Waals surface area contributed by atoms with Gasteiger partial charge in [-0.2, -0.15) is 10.2 Å². The minimum atomic E-state index is -1.20. The van der Waals surface area contributed by atoms with Gasteiger partial charge in [-0.1, -0.05) is 19.9 Å². The molecule has 37 heavy (non-hydrogen) atoms. The summed E-state index contributed by atoms with van der Waals surface area (Å²) >= 11 is 0. The molecule has 2 heterocycles. The summed E-state index contributed by atoms with van der Waals surface area (Å²) in [6.07, 6.45) is 2.83. The van der Waals surface area contributed by atoms with E-state index in [4.69, 9.17) is 0 Å². The number of aromatic carboxylic acids is 1. The van der Waals surface area contributed by atoms with Crippen molar-refractivity contribution in [2.75, 3.05) is 13.1 Å². The van der Waals surface area contributed by atoms with Gasteiger partial charge in [0, 0.05) is 18.5 Å². The highest BCUT2D eigenvalue weighted by atomic mass is 19.1. The molecule has 2 bridgehead atoms. The normalized spacial score (nSPS) is 21.1. The van der Waals surface area contributed by atoms with E-state index in [0.717, 1.165) is 24.1 Å². The number of carbonyl (C=O) groups excluding carboxylic acids is 1. The summed E-state index contributed by atoms with van der Waals surface area (Å²) in [5.74, 6) is -2.85. The first-order chi connectivity index (χ1) is 17.5. The maximum Gasteiger partial charge on any atom is 0.356 e. The first-order valence-electron chi connectivity index (χ1n) is 12.2. The number of aromatic nitrogens is 4. The Kier molecular flexibility index (Phi) is 5.80. The van der Waals surface area contributed by atoms with Crippen LogP contribution in [0, 0.1) is 24.0 Å². The standard InChI is InChI=1S/C27H27F2N5O3/c1-5-34(24(35)20-12-30-22(25(36)37)14(2)31-20)13-27-10-9-16(26(27,3)4)15-11-19(32-33-23(15)27)21-17(28)7-6-8-18(21)29/h6-8,11-12,16H,5,9-10,13H2,1-4H3,(H,36,37)/t16-,27-/m0/s1. The number of nitrogens with zero attached hydrogens (tertiary/aromatic N) is 5. The van der Waals surface area contributed by atoms with Gasteiger partial charge >= 0.3 is 5.97 Å². The number of hydrogen-bond acceptors (Lipinski definition) is 6. The van der Waals surface area contributed by atoms with Crippen LogP contribution in [0.5, 0.6) is 0 Å². The fourth-order valence-corrected chi connectivity index (χ4v) is 6.25. The van der Waals surface area contributed by atoms with E-state index < -0.39 is 23.0 Å². The van der Waals surface area contributed by atoms with Crippen LogP contribution in [0.2, 0.25) is 0 Å². The van der Waals surface area contributed by atoms with Gasteiger partial charge < -0.3 is 10.0 Å². The molecule has 1 saturated carbocycles. The number of fused-ring (bicyclic) bond motifs is 5. The molecule has 0 unspecified atom stereocenters. The van der Waals surface area contributed by atoms with Gasteiger partial charge in [0.1, 0.15) is 17.3 Å². The maximum atomic E-state index is 14.5. The van der Waals surface area contributed by atoms with E-state index in [1.54, 1.807) is 11.0 Å². The molecule has 10 heteroatoms. The van der Waals surface area contributed by atoms with Crippen LogP contribution in [-0.4, -0.2) is 55.1 Å². The minimum absolute atomic E-state index is 0.0720. The molecular weight excluding hydrogens is 480 g/mol. The lowest BCUT2D eigenvalue weighted by Crippen LogP contribution is -2.48. The Morgan fingerprint density at radius 1 is 1.19 bits per heavy atom. The van der Waals surface area contributed by atoms with Gasteiger partial charge in [0.25, 0.3) is 5.91 Å². The molecule has 0 saturated heterocycles. The average molecular weight is 508 g/mol. The van der Waals surface area contributed by atoms with Crippen molar-refractivity contribution < 1.29 is 23.5 Å². The lowest BCUT2D eigenvalue weighted by molar-refractivity contribution is 0.0640. The van der Waals surface area contributed by atoms with Crippen LogP contribution in [-0.2, 0) is 5.41 Å². The number of benzene rings is 1. The number of aryl methyl sites for hydroxylation is 1. The van der Waals surface area contributed by atoms with Crippen LogP contribution in [0.3, 0.4) is 0 Å². The van der Waals surface area contributed by atoms with Crippen LogP contribution >= 0.6 is 0 Å². The number of hydrogen-bond donors (Lipinski definition) is 1. The van der Waals surface area contributed by atoms with E-state index in [9.17, 15) is 23.5 Å². The Morgan fingerprint density at radius 2 is 1.89 bits per heavy atom. The Bertz CT molecular complexity index is 1420. The number of carboxylic acid groups (broad SMARTS) is 1. The summed E-state index contributed by atoms with van der Waals surface area (Å²) in [6.45, 7) is 8.39. The van der Waals surface area contributed by atoms with Gasteiger partial charge in [-0.3, -0.25) is 4.79 Å². The average Bonchev–Trinajstić information content (AvgIpc) is 3.21.